The summed E-state index contributed by atoms with van der Waals surface area (Å²) < 4.78 is 220. The van der Waals surface area contributed by atoms with E-state index in [1.807, 2.05) is 0 Å². The lowest BCUT2D eigenvalue weighted by molar-refractivity contribution is -0.276. The van der Waals surface area contributed by atoms with Crippen molar-refractivity contribution in [1.29, 1.82) is 0 Å². The van der Waals surface area contributed by atoms with E-state index in [4.69, 9.17) is 50.4 Å². The number of ether oxygens (including phenoxy) is 10. The van der Waals surface area contributed by atoms with Crippen LogP contribution in [0.4, 0.5) is 43.9 Å². The van der Waals surface area contributed by atoms with Gasteiger partial charge in [0.15, 0.2) is 29.3 Å². The summed E-state index contributed by atoms with van der Waals surface area (Å²) in [6.07, 6.45) is -13.6. The van der Waals surface area contributed by atoms with E-state index in [-0.39, 0.29) is 16.9 Å². The molecule has 25 heteroatoms. The first kappa shape index (κ1) is 40.2. The third-order valence-corrected chi connectivity index (χ3v) is 7.76. The van der Waals surface area contributed by atoms with Crippen molar-refractivity contribution in [2.24, 2.45) is 0 Å². The second-order valence-corrected chi connectivity index (χ2v) is 11.5. The predicted octanol–water partition coefficient (Wildman–Crippen LogP) is 10.7. The molecular formula is C36H26Cl2F10O13. The van der Waals surface area contributed by atoms with Gasteiger partial charge in [-0.15, -0.1) is 26.3 Å². The average Bonchev–Trinajstić information content (AvgIpc) is 3.19. The van der Waals surface area contributed by atoms with Gasteiger partial charge in [0.05, 0.1) is 71.9 Å². The maximum atomic E-state index is 14.7. The van der Waals surface area contributed by atoms with Gasteiger partial charge in [-0.2, -0.15) is 8.78 Å². The maximum Gasteiger partial charge on any atom is 0.573 e. The average molecular weight is 934 g/mol. The molecule has 0 amide bonds. The minimum Gasteiger partial charge on any atom is -0.495 e. The van der Waals surface area contributed by atoms with Crippen LogP contribution in [0.2, 0.25) is 10.0 Å². The second kappa shape index (κ2) is 20.4. The number of carbonyl (C=O) groups excluding carboxylic acids is 3. The molecule has 0 saturated heterocycles. The molecule has 0 atom stereocenters. The van der Waals surface area contributed by atoms with Crippen molar-refractivity contribution in [2.75, 3.05) is 42.5 Å². The Balaban J connectivity index is 0.000000355. The second-order valence-electron chi connectivity index (χ2n) is 10.7. The van der Waals surface area contributed by atoms with Crippen LogP contribution in [0.25, 0.3) is 0 Å². The van der Waals surface area contributed by atoms with Crippen molar-refractivity contribution in [3.8, 4) is 57.5 Å². The van der Waals surface area contributed by atoms with Gasteiger partial charge >= 0.3 is 24.7 Å². The standard InChI is InChI=1S/C18H13ClF6O6.C18H13ClF4O7/c1-27-14-9(5-4-8(13(14)20)31-18(23,24)25)30-10-6-7(19)11(16(21)22)15(28-2)12(10)17(26)29-3;1-26-15-8(7-24)9(19)6-12(13(15)17(25)28-3)29-11-5-4-10(30-18(21,22)23)14(20)16(11)27-2/h4-6,16H,1-3H3;4-7H,1-3H3/i1D3;2D3. The molecule has 4 aromatic rings. The first-order chi connectivity index (χ1) is 30.8. The van der Waals surface area contributed by atoms with Crippen LogP contribution in [0.5, 0.6) is 57.5 Å². The Morgan fingerprint density at radius 3 is 1.36 bits per heavy atom. The number of carbonyl (C=O) groups is 3. The summed E-state index contributed by atoms with van der Waals surface area (Å²) in [6, 6.07) is 3.84. The first-order valence-corrected chi connectivity index (χ1v) is 16.2. The monoisotopic (exact) mass is 932 g/mol. The van der Waals surface area contributed by atoms with Crippen LogP contribution < -0.4 is 37.9 Å². The highest BCUT2D eigenvalue weighted by Crippen LogP contribution is 2.47. The molecule has 0 bridgehead atoms. The quantitative estimate of drug-likeness (QED) is 0.0673. The lowest BCUT2D eigenvalue weighted by Crippen LogP contribution is -2.18. The Morgan fingerprint density at radius 2 is 1.02 bits per heavy atom. The van der Waals surface area contributed by atoms with E-state index in [0.717, 1.165) is 34.5 Å². The van der Waals surface area contributed by atoms with E-state index in [0.29, 0.717) is 30.3 Å². The zero-order chi connectivity index (χ0) is 51.1. The Bertz CT molecular complexity index is 2490. The zero-order valence-electron chi connectivity index (χ0n) is 36.5. The largest absolute Gasteiger partial charge is 0.573 e. The van der Waals surface area contributed by atoms with E-state index in [1.165, 1.54) is 0 Å². The van der Waals surface area contributed by atoms with Crippen molar-refractivity contribution < 1.29 is 114 Å². The number of alkyl halides is 8. The molecule has 0 fully saturated rings. The summed E-state index contributed by atoms with van der Waals surface area (Å²) in [6.45, 7) is 0. The molecule has 0 heterocycles. The normalized spacial score (nSPS) is 13.0. The van der Waals surface area contributed by atoms with E-state index >= 15 is 0 Å². The van der Waals surface area contributed by atoms with Gasteiger partial charge in [-0.3, -0.25) is 4.79 Å². The number of esters is 2. The lowest BCUT2D eigenvalue weighted by Gasteiger charge is -2.19. The molecular weight excluding hydrogens is 901 g/mol. The topological polar surface area (TPSA) is 144 Å². The van der Waals surface area contributed by atoms with Crippen LogP contribution in [0.15, 0.2) is 36.4 Å². The van der Waals surface area contributed by atoms with Gasteiger partial charge in [-0.1, -0.05) is 23.2 Å². The maximum absolute atomic E-state index is 14.7. The summed E-state index contributed by atoms with van der Waals surface area (Å²) in [5, 5.41) is -0.967. The number of benzene rings is 4. The minimum atomic E-state index is -5.34. The third kappa shape index (κ3) is 11.5. The Morgan fingerprint density at radius 1 is 0.623 bits per heavy atom. The van der Waals surface area contributed by atoms with E-state index in [2.05, 4.69) is 28.4 Å². The van der Waals surface area contributed by atoms with Crippen LogP contribution in [0.3, 0.4) is 0 Å². The summed E-state index contributed by atoms with van der Waals surface area (Å²) in [7, 11) is -2.84. The van der Waals surface area contributed by atoms with Crippen molar-refractivity contribution in [3.05, 3.63) is 80.3 Å². The summed E-state index contributed by atoms with van der Waals surface area (Å²) in [4.78, 5) is 35.9. The molecule has 0 saturated carbocycles. The molecule has 0 aromatic heterocycles. The van der Waals surface area contributed by atoms with Crippen molar-refractivity contribution >= 4 is 41.4 Å². The molecule has 0 N–H and O–H groups in total. The fourth-order valence-electron chi connectivity index (χ4n) is 4.76. The fraction of sp³-hybridized carbons (Fsp3) is 0.250. The van der Waals surface area contributed by atoms with Gasteiger partial charge in [0, 0.05) is 12.1 Å². The summed E-state index contributed by atoms with van der Waals surface area (Å²) >= 11 is 11.8. The first-order valence-electron chi connectivity index (χ1n) is 18.4. The molecule has 0 aliphatic heterocycles. The number of hydrogen-bond donors (Lipinski definition) is 0. The van der Waals surface area contributed by atoms with Crippen LogP contribution in [-0.4, -0.2) is 73.5 Å². The molecule has 0 aliphatic carbocycles. The van der Waals surface area contributed by atoms with Gasteiger partial charge in [0.2, 0.25) is 23.1 Å². The lowest BCUT2D eigenvalue weighted by atomic mass is 10.1. The number of aldehydes is 1. The van der Waals surface area contributed by atoms with Crippen LogP contribution >= 0.6 is 23.2 Å². The number of hydrogen-bond acceptors (Lipinski definition) is 13. The number of rotatable bonds is 14. The van der Waals surface area contributed by atoms with Crippen LogP contribution in [0, 0.1) is 11.6 Å². The van der Waals surface area contributed by atoms with Crippen molar-refractivity contribution in [1.82, 2.24) is 0 Å². The minimum absolute atomic E-state index is 0.267. The molecule has 0 unspecified atom stereocenters. The zero-order valence-corrected chi connectivity index (χ0v) is 32.0. The highest BCUT2D eigenvalue weighted by atomic mass is 35.5. The molecule has 0 spiro atoms. The number of methoxy groups -OCH3 is 6. The summed E-state index contributed by atoms with van der Waals surface area (Å²) in [5.74, 6) is -15.7. The van der Waals surface area contributed by atoms with Crippen LogP contribution in [0.1, 0.15) is 51.3 Å². The molecule has 0 radical (unpaired) electrons. The molecule has 4 aromatic carbocycles. The molecule has 13 nitrogen and oxygen atoms in total. The van der Waals surface area contributed by atoms with Gasteiger partial charge in [0.1, 0.15) is 34.1 Å². The smallest absolute Gasteiger partial charge is 0.495 e. The highest BCUT2D eigenvalue weighted by molar-refractivity contribution is 6.34. The highest BCUT2D eigenvalue weighted by Gasteiger charge is 2.36. The van der Waals surface area contributed by atoms with Gasteiger partial charge in [-0.25, -0.2) is 18.4 Å². The van der Waals surface area contributed by atoms with Crippen LogP contribution in [-0.2, 0) is 9.47 Å². The Kier molecular flexibility index (Phi) is 13.4. The van der Waals surface area contributed by atoms with E-state index in [9.17, 15) is 58.3 Å². The molecule has 0 aliphatic rings. The SMILES string of the molecule is [2H]C([2H])([2H])Oc1c(Oc2cc(Cl)c(C(F)F)c(OC)c2C(=O)OC)ccc(OC(F)(F)F)c1F.[2H]C([2H])([2H])Oc1c(Oc2cc(Cl)c(C=O)c(OC)c2C(=O)OC)ccc(OC(F)(F)F)c1F. The van der Waals surface area contributed by atoms with E-state index < -0.39 is 136 Å². The molecule has 332 valence electrons. The predicted molar refractivity (Wildman–Crippen MR) is 188 cm³/mol. The van der Waals surface area contributed by atoms with Crippen molar-refractivity contribution in [2.45, 2.75) is 19.2 Å². The molecule has 4 rings (SSSR count). The fourth-order valence-corrected chi connectivity index (χ4v) is 5.26. The van der Waals surface area contributed by atoms with Gasteiger partial charge in [-0.05, 0) is 24.3 Å². The molecule has 61 heavy (non-hydrogen) atoms. The van der Waals surface area contributed by atoms with Gasteiger partial charge in [0.25, 0.3) is 6.43 Å². The Labute approximate surface area is 354 Å². The van der Waals surface area contributed by atoms with Gasteiger partial charge < -0.3 is 47.4 Å². The number of halogens is 12. The van der Waals surface area contributed by atoms with E-state index in [1.54, 1.807) is 0 Å². The third-order valence-electron chi connectivity index (χ3n) is 7.14. The summed E-state index contributed by atoms with van der Waals surface area (Å²) in [5.41, 5.74) is -2.47. The Hall–Kier alpha value is -6.23. The van der Waals surface area contributed by atoms with Crippen molar-refractivity contribution in [3.63, 3.8) is 0 Å².